The highest BCUT2D eigenvalue weighted by Crippen LogP contribution is 2.12. The van der Waals surface area contributed by atoms with Gasteiger partial charge in [0.25, 0.3) is 0 Å². The third-order valence-corrected chi connectivity index (χ3v) is 3.02. The third-order valence-electron chi connectivity index (χ3n) is 3.02. The highest BCUT2D eigenvalue weighted by molar-refractivity contribution is 5.28. The average Bonchev–Trinajstić information content (AvgIpc) is 2.38. The van der Waals surface area contributed by atoms with Crippen molar-refractivity contribution in [2.24, 2.45) is 5.73 Å². The molecule has 19 heavy (non-hydrogen) atoms. The van der Waals surface area contributed by atoms with Gasteiger partial charge in [-0.2, -0.15) is 0 Å². The first-order valence-electron chi connectivity index (χ1n) is 6.87. The predicted octanol–water partition coefficient (Wildman–Crippen LogP) is 1.41. The zero-order valence-corrected chi connectivity index (χ0v) is 12.4. The predicted molar refractivity (Wildman–Crippen MR) is 80.5 cm³/mol. The highest BCUT2D eigenvalue weighted by atomic mass is 16.5. The third kappa shape index (κ3) is 7.15. The molecule has 0 bridgehead atoms. The van der Waals surface area contributed by atoms with Gasteiger partial charge in [0.15, 0.2) is 0 Å². The Bertz CT molecular complexity index is 355. The maximum atomic E-state index is 5.74. The smallest absolute Gasteiger partial charge is 0.119 e. The first kappa shape index (κ1) is 16.0. The fourth-order valence-electron chi connectivity index (χ4n) is 1.85. The van der Waals surface area contributed by atoms with Crippen LogP contribution in [0, 0.1) is 0 Å². The van der Waals surface area contributed by atoms with Gasteiger partial charge in [0.05, 0.1) is 0 Å². The lowest BCUT2D eigenvalue weighted by atomic mass is 10.2. The molecule has 0 aliphatic heterocycles. The number of likely N-dealkylation sites (N-methyl/N-ethyl adjacent to an activating group) is 1. The molecule has 0 atom stereocenters. The van der Waals surface area contributed by atoms with Crippen molar-refractivity contribution in [3.63, 3.8) is 0 Å². The van der Waals surface area contributed by atoms with Gasteiger partial charge < -0.3 is 20.3 Å². The Morgan fingerprint density at radius 2 is 1.89 bits per heavy atom. The SMILES string of the molecule is CN(C)CCCN(C)CCOc1cccc(CN)c1. The van der Waals surface area contributed by atoms with Gasteiger partial charge in [0.2, 0.25) is 0 Å². The number of hydrogen-bond acceptors (Lipinski definition) is 4. The van der Waals surface area contributed by atoms with Gasteiger partial charge in [-0.05, 0) is 58.3 Å². The molecule has 1 aromatic carbocycles. The molecule has 1 rings (SSSR count). The Hall–Kier alpha value is -1.10. The Balaban J connectivity index is 2.18. The van der Waals surface area contributed by atoms with Crippen molar-refractivity contribution in [2.45, 2.75) is 13.0 Å². The molecule has 4 nitrogen and oxygen atoms in total. The Morgan fingerprint density at radius 3 is 2.58 bits per heavy atom. The second kappa shape index (κ2) is 8.91. The van der Waals surface area contributed by atoms with Crippen molar-refractivity contribution in [3.8, 4) is 5.75 Å². The van der Waals surface area contributed by atoms with Crippen LogP contribution in [0.2, 0.25) is 0 Å². The summed E-state index contributed by atoms with van der Waals surface area (Å²) in [5.41, 5.74) is 6.72. The van der Waals surface area contributed by atoms with Crippen LogP contribution in [0.25, 0.3) is 0 Å². The van der Waals surface area contributed by atoms with Crippen LogP contribution in [0.1, 0.15) is 12.0 Å². The second-order valence-corrected chi connectivity index (χ2v) is 5.16. The van der Waals surface area contributed by atoms with Crippen LogP contribution >= 0.6 is 0 Å². The van der Waals surface area contributed by atoms with E-state index in [1.165, 1.54) is 6.42 Å². The van der Waals surface area contributed by atoms with Crippen LogP contribution in [0.5, 0.6) is 5.75 Å². The molecule has 0 spiro atoms. The highest BCUT2D eigenvalue weighted by Gasteiger charge is 2.00. The van der Waals surface area contributed by atoms with Crippen molar-refractivity contribution in [1.82, 2.24) is 9.80 Å². The maximum absolute atomic E-state index is 5.74. The van der Waals surface area contributed by atoms with E-state index < -0.39 is 0 Å². The van der Waals surface area contributed by atoms with Crippen LogP contribution in [0.4, 0.5) is 0 Å². The zero-order valence-electron chi connectivity index (χ0n) is 12.4. The van der Waals surface area contributed by atoms with E-state index in [9.17, 15) is 0 Å². The summed E-state index contributed by atoms with van der Waals surface area (Å²) < 4.78 is 5.74. The minimum Gasteiger partial charge on any atom is -0.492 e. The molecule has 0 aliphatic rings. The molecule has 4 heteroatoms. The lowest BCUT2D eigenvalue weighted by Crippen LogP contribution is -2.27. The topological polar surface area (TPSA) is 41.7 Å². The van der Waals surface area contributed by atoms with E-state index in [2.05, 4.69) is 30.9 Å². The molecule has 0 saturated heterocycles. The van der Waals surface area contributed by atoms with E-state index in [1.54, 1.807) is 0 Å². The summed E-state index contributed by atoms with van der Waals surface area (Å²) in [5, 5.41) is 0. The van der Waals surface area contributed by atoms with Crippen molar-refractivity contribution in [3.05, 3.63) is 29.8 Å². The first-order valence-corrected chi connectivity index (χ1v) is 6.87. The van der Waals surface area contributed by atoms with Gasteiger partial charge in [0, 0.05) is 13.1 Å². The monoisotopic (exact) mass is 265 g/mol. The van der Waals surface area contributed by atoms with E-state index in [4.69, 9.17) is 10.5 Å². The number of ether oxygens (including phenoxy) is 1. The molecule has 0 aromatic heterocycles. The molecule has 0 amide bonds. The molecule has 0 radical (unpaired) electrons. The molecule has 2 N–H and O–H groups in total. The van der Waals surface area contributed by atoms with E-state index in [0.717, 1.165) is 30.9 Å². The standard InChI is InChI=1S/C15H27N3O/c1-17(2)8-5-9-18(3)10-11-19-15-7-4-6-14(12-15)13-16/h4,6-7,12H,5,8-11,13,16H2,1-3H3. The first-order chi connectivity index (χ1) is 9.11. The minimum absolute atomic E-state index is 0.557. The lowest BCUT2D eigenvalue weighted by Gasteiger charge is -2.18. The number of hydrogen-bond donors (Lipinski definition) is 1. The summed E-state index contributed by atoms with van der Waals surface area (Å²) in [6.45, 7) is 4.45. The van der Waals surface area contributed by atoms with Gasteiger partial charge in [-0.1, -0.05) is 12.1 Å². The Labute approximate surface area is 117 Å². The summed E-state index contributed by atoms with van der Waals surface area (Å²) in [4.78, 5) is 4.51. The van der Waals surface area contributed by atoms with Crippen LogP contribution < -0.4 is 10.5 Å². The van der Waals surface area contributed by atoms with Crippen molar-refractivity contribution < 1.29 is 4.74 Å². The Kier molecular flexibility index (Phi) is 7.48. The summed E-state index contributed by atoms with van der Waals surface area (Å²) in [6, 6.07) is 7.98. The van der Waals surface area contributed by atoms with Crippen molar-refractivity contribution in [1.29, 1.82) is 0 Å². The molecular formula is C15H27N3O. The van der Waals surface area contributed by atoms with E-state index >= 15 is 0 Å². The van der Waals surface area contributed by atoms with Crippen LogP contribution in [-0.4, -0.2) is 57.2 Å². The number of nitrogens with zero attached hydrogens (tertiary/aromatic N) is 2. The summed E-state index contributed by atoms with van der Waals surface area (Å²) in [5.74, 6) is 0.907. The molecule has 108 valence electrons. The second-order valence-electron chi connectivity index (χ2n) is 5.16. The number of benzene rings is 1. The summed E-state index contributed by atoms with van der Waals surface area (Å²) in [7, 11) is 6.34. The summed E-state index contributed by atoms with van der Waals surface area (Å²) >= 11 is 0. The normalized spacial score (nSPS) is 11.3. The average molecular weight is 265 g/mol. The van der Waals surface area contributed by atoms with E-state index in [1.807, 2.05) is 24.3 Å². The van der Waals surface area contributed by atoms with Gasteiger partial charge >= 0.3 is 0 Å². The summed E-state index contributed by atoms with van der Waals surface area (Å²) in [6.07, 6.45) is 1.19. The molecule has 1 aromatic rings. The molecular weight excluding hydrogens is 238 g/mol. The number of nitrogens with two attached hydrogens (primary N) is 1. The van der Waals surface area contributed by atoms with Gasteiger partial charge in [-0.15, -0.1) is 0 Å². The molecule has 0 aliphatic carbocycles. The number of rotatable bonds is 9. The zero-order chi connectivity index (χ0) is 14.1. The quantitative estimate of drug-likeness (QED) is 0.733. The fraction of sp³-hybridized carbons (Fsp3) is 0.600. The van der Waals surface area contributed by atoms with Gasteiger partial charge in [0.1, 0.15) is 12.4 Å². The van der Waals surface area contributed by atoms with E-state index in [-0.39, 0.29) is 0 Å². The fourth-order valence-corrected chi connectivity index (χ4v) is 1.85. The minimum atomic E-state index is 0.557. The maximum Gasteiger partial charge on any atom is 0.119 e. The van der Waals surface area contributed by atoms with Gasteiger partial charge in [-0.3, -0.25) is 0 Å². The molecule has 0 heterocycles. The van der Waals surface area contributed by atoms with Crippen LogP contribution in [-0.2, 0) is 6.54 Å². The largest absolute Gasteiger partial charge is 0.492 e. The van der Waals surface area contributed by atoms with Crippen molar-refractivity contribution >= 4 is 0 Å². The molecule has 0 fully saturated rings. The lowest BCUT2D eigenvalue weighted by molar-refractivity contribution is 0.229. The van der Waals surface area contributed by atoms with E-state index in [0.29, 0.717) is 13.2 Å². The van der Waals surface area contributed by atoms with Crippen LogP contribution in [0.3, 0.4) is 0 Å². The molecule has 0 unspecified atom stereocenters. The Morgan fingerprint density at radius 1 is 1.11 bits per heavy atom. The van der Waals surface area contributed by atoms with Crippen molar-refractivity contribution in [2.75, 3.05) is 47.4 Å². The van der Waals surface area contributed by atoms with Gasteiger partial charge in [-0.25, -0.2) is 0 Å². The molecule has 0 saturated carbocycles. The van der Waals surface area contributed by atoms with Crippen LogP contribution in [0.15, 0.2) is 24.3 Å².